The summed E-state index contributed by atoms with van der Waals surface area (Å²) in [5, 5.41) is 20.1. The van der Waals surface area contributed by atoms with Crippen molar-refractivity contribution in [2.24, 2.45) is 5.41 Å². The van der Waals surface area contributed by atoms with Crippen molar-refractivity contribution in [3.05, 3.63) is 39.7 Å². The van der Waals surface area contributed by atoms with Crippen LogP contribution in [0.4, 0.5) is 10.1 Å². The minimum absolute atomic E-state index is 0.108. The van der Waals surface area contributed by atoms with Crippen LogP contribution in [-0.2, 0) is 11.3 Å². The molecule has 0 aromatic heterocycles. The van der Waals surface area contributed by atoms with Crippen molar-refractivity contribution < 1.29 is 19.2 Å². The molecule has 1 aliphatic rings. The molecule has 0 radical (unpaired) electrons. The summed E-state index contributed by atoms with van der Waals surface area (Å²) in [4.78, 5) is 23.5. The lowest BCUT2D eigenvalue weighted by molar-refractivity contribution is -0.385. The van der Waals surface area contributed by atoms with E-state index in [2.05, 4.69) is 0 Å². The molecule has 1 saturated heterocycles. The van der Waals surface area contributed by atoms with Gasteiger partial charge in [-0.3, -0.25) is 19.8 Å². The molecule has 0 aliphatic carbocycles. The Morgan fingerprint density at radius 3 is 2.62 bits per heavy atom. The summed E-state index contributed by atoms with van der Waals surface area (Å²) in [6, 6.07) is 3.40. The molecule has 0 atom stereocenters. The number of piperidine rings is 1. The molecular formula is C14H17FN2O4. The summed E-state index contributed by atoms with van der Waals surface area (Å²) in [7, 11) is 0. The minimum Gasteiger partial charge on any atom is -0.481 e. The van der Waals surface area contributed by atoms with Gasteiger partial charge in [-0.25, -0.2) is 4.39 Å². The van der Waals surface area contributed by atoms with Gasteiger partial charge in [0.2, 0.25) is 0 Å². The number of likely N-dealkylation sites (tertiary alicyclic amines) is 1. The van der Waals surface area contributed by atoms with E-state index in [9.17, 15) is 19.3 Å². The van der Waals surface area contributed by atoms with Gasteiger partial charge >= 0.3 is 5.97 Å². The van der Waals surface area contributed by atoms with Crippen LogP contribution in [0.25, 0.3) is 0 Å². The molecule has 0 bridgehead atoms. The van der Waals surface area contributed by atoms with Gasteiger partial charge in [-0.05, 0) is 45.0 Å². The summed E-state index contributed by atoms with van der Waals surface area (Å²) in [6.07, 6.45) is 0.955. The highest BCUT2D eigenvalue weighted by molar-refractivity contribution is 5.74. The first-order chi connectivity index (χ1) is 9.82. The Kier molecular flexibility index (Phi) is 4.22. The van der Waals surface area contributed by atoms with Gasteiger partial charge in [-0.1, -0.05) is 0 Å². The van der Waals surface area contributed by atoms with Gasteiger partial charge in [0.1, 0.15) is 5.82 Å². The maximum atomic E-state index is 13.3. The second-order valence-corrected chi connectivity index (χ2v) is 5.67. The predicted octanol–water partition coefficient (Wildman–Crippen LogP) is 2.42. The molecule has 1 fully saturated rings. The van der Waals surface area contributed by atoms with Crippen molar-refractivity contribution in [1.29, 1.82) is 0 Å². The van der Waals surface area contributed by atoms with E-state index in [-0.39, 0.29) is 12.2 Å². The number of carbonyl (C=O) groups is 1. The van der Waals surface area contributed by atoms with Gasteiger partial charge in [-0.15, -0.1) is 0 Å². The van der Waals surface area contributed by atoms with Gasteiger partial charge in [0, 0.05) is 18.2 Å². The van der Waals surface area contributed by atoms with Crippen LogP contribution in [0.1, 0.15) is 25.3 Å². The van der Waals surface area contributed by atoms with Crippen molar-refractivity contribution in [2.75, 3.05) is 13.1 Å². The fraction of sp³-hybridized carbons (Fsp3) is 0.500. The summed E-state index contributed by atoms with van der Waals surface area (Å²) in [6.45, 7) is 3.01. The van der Waals surface area contributed by atoms with Gasteiger partial charge < -0.3 is 5.11 Å². The van der Waals surface area contributed by atoms with Gasteiger partial charge in [0.15, 0.2) is 0 Å². The summed E-state index contributed by atoms with van der Waals surface area (Å²) in [5.74, 6) is -1.33. The molecule has 0 saturated carbocycles. The molecule has 1 aromatic carbocycles. The third kappa shape index (κ3) is 3.36. The molecule has 0 unspecified atom stereocenters. The number of aliphatic carboxylic acids is 1. The monoisotopic (exact) mass is 296 g/mol. The average molecular weight is 296 g/mol. The Morgan fingerprint density at radius 2 is 2.10 bits per heavy atom. The summed E-state index contributed by atoms with van der Waals surface area (Å²) < 4.78 is 13.3. The Morgan fingerprint density at radius 1 is 1.48 bits per heavy atom. The first-order valence-electron chi connectivity index (χ1n) is 6.70. The number of hydrogen-bond donors (Lipinski definition) is 1. The van der Waals surface area contributed by atoms with E-state index in [0.717, 1.165) is 12.1 Å². The molecule has 21 heavy (non-hydrogen) atoms. The summed E-state index contributed by atoms with van der Waals surface area (Å²) >= 11 is 0. The van der Waals surface area contributed by atoms with E-state index in [4.69, 9.17) is 5.11 Å². The zero-order valence-electron chi connectivity index (χ0n) is 11.7. The Labute approximate surface area is 121 Å². The smallest absolute Gasteiger partial charge is 0.309 e. The number of rotatable bonds is 4. The number of nitrogens with zero attached hydrogens (tertiary/aromatic N) is 2. The van der Waals surface area contributed by atoms with E-state index < -0.39 is 22.1 Å². The van der Waals surface area contributed by atoms with Crippen LogP contribution in [-0.4, -0.2) is 34.0 Å². The second kappa shape index (κ2) is 5.77. The summed E-state index contributed by atoms with van der Waals surface area (Å²) in [5.41, 5.74) is -0.536. The van der Waals surface area contributed by atoms with Crippen LogP contribution in [0, 0.1) is 21.3 Å². The molecule has 6 nitrogen and oxygen atoms in total. The molecule has 2 rings (SSSR count). The van der Waals surface area contributed by atoms with Gasteiger partial charge in [0.25, 0.3) is 5.69 Å². The van der Waals surface area contributed by atoms with Crippen molar-refractivity contribution in [2.45, 2.75) is 26.3 Å². The van der Waals surface area contributed by atoms with E-state index in [1.54, 1.807) is 6.92 Å². The van der Waals surface area contributed by atoms with E-state index in [1.165, 1.54) is 6.07 Å². The first kappa shape index (κ1) is 15.4. The van der Waals surface area contributed by atoms with Crippen LogP contribution in [0.5, 0.6) is 0 Å². The van der Waals surface area contributed by atoms with Gasteiger partial charge in [-0.2, -0.15) is 0 Å². The standard InChI is InChI=1S/C14H17FN2O4/c1-14(13(18)19)4-6-16(7-5-14)9-10-8-11(15)2-3-12(10)17(20)21/h2-3,8H,4-7,9H2,1H3,(H,18,19). The number of carboxylic acids is 1. The minimum atomic E-state index is -0.820. The van der Waals surface area contributed by atoms with Crippen LogP contribution < -0.4 is 0 Å². The molecule has 1 heterocycles. The lowest BCUT2D eigenvalue weighted by Crippen LogP contribution is -2.42. The number of benzene rings is 1. The van der Waals surface area contributed by atoms with Crippen molar-refractivity contribution in [1.82, 2.24) is 4.90 Å². The van der Waals surface area contributed by atoms with E-state index in [1.807, 2.05) is 4.90 Å². The quantitative estimate of drug-likeness (QED) is 0.681. The SMILES string of the molecule is CC1(C(=O)O)CCN(Cc2cc(F)ccc2[N+](=O)[O-])CC1. The zero-order chi connectivity index (χ0) is 15.6. The van der Waals surface area contributed by atoms with Crippen molar-refractivity contribution in [3.8, 4) is 0 Å². The molecule has 1 aliphatic heterocycles. The molecule has 0 spiro atoms. The first-order valence-corrected chi connectivity index (χ1v) is 6.70. The molecule has 1 aromatic rings. The third-order valence-electron chi connectivity index (χ3n) is 4.11. The number of carboxylic acid groups (broad SMARTS) is 1. The lowest BCUT2D eigenvalue weighted by Gasteiger charge is -2.36. The molecule has 1 N–H and O–H groups in total. The molecular weight excluding hydrogens is 279 g/mol. The maximum Gasteiger partial charge on any atom is 0.309 e. The number of halogens is 1. The van der Waals surface area contributed by atoms with Crippen molar-refractivity contribution >= 4 is 11.7 Å². The fourth-order valence-electron chi connectivity index (χ4n) is 2.52. The van der Waals surface area contributed by atoms with E-state index >= 15 is 0 Å². The van der Waals surface area contributed by atoms with Crippen LogP contribution in [0.2, 0.25) is 0 Å². The highest BCUT2D eigenvalue weighted by atomic mass is 19.1. The highest BCUT2D eigenvalue weighted by Crippen LogP contribution is 2.32. The Bertz CT molecular complexity index is 568. The average Bonchev–Trinajstić information content (AvgIpc) is 2.41. The highest BCUT2D eigenvalue weighted by Gasteiger charge is 2.37. The van der Waals surface area contributed by atoms with Crippen molar-refractivity contribution in [3.63, 3.8) is 0 Å². The topological polar surface area (TPSA) is 83.7 Å². The number of nitro benzene ring substituents is 1. The molecule has 7 heteroatoms. The largest absolute Gasteiger partial charge is 0.481 e. The molecule has 0 amide bonds. The normalized spacial score (nSPS) is 18.4. The second-order valence-electron chi connectivity index (χ2n) is 5.67. The van der Waals surface area contributed by atoms with Crippen LogP contribution in [0.3, 0.4) is 0 Å². The predicted molar refractivity (Wildman–Crippen MR) is 73.3 cm³/mol. The lowest BCUT2D eigenvalue weighted by atomic mass is 9.80. The molecule has 114 valence electrons. The number of hydrogen-bond acceptors (Lipinski definition) is 4. The van der Waals surface area contributed by atoms with Gasteiger partial charge in [0.05, 0.1) is 10.3 Å². The zero-order valence-corrected chi connectivity index (χ0v) is 11.7. The van der Waals surface area contributed by atoms with Crippen LogP contribution in [0.15, 0.2) is 18.2 Å². The van der Waals surface area contributed by atoms with Crippen LogP contribution >= 0.6 is 0 Å². The Hall–Kier alpha value is -2.02. The Balaban J connectivity index is 2.09. The fourth-order valence-corrected chi connectivity index (χ4v) is 2.52. The number of nitro groups is 1. The van der Waals surface area contributed by atoms with E-state index in [0.29, 0.717) is 31.5 Å². The third-order valence-corrected chi connectivity index (χ3v) is 4.11. The maximum absolute atomic E-state index is 13.3.